The molecule has 0 atom stereocenters. The number of furan rings is 2. The van der Waals surface area contributed by atoms with Crippen molar-refractivity contribution in [3.8, 4) is 56.4 Å². The second-order valence-corrected chi connectivity index (χ2v) is 15.4. The second-order valence-electron chi connectivity index (χ2n) is 14.3. The van der Waals surface area contributed by atoms with E-state index < -0.39 is 0 Å². The molecule has 4 aromatic heterocycles. The van der Waals surface area contributed by atoms with Crippen LogP contribution in [0.5, 0.6) is 0 Å². The molecule has 5 nitrogen and oxygen atoms in total. The molecule has 0 fully saturated rings. The first-order valence-electron chi connectivity index (χ1n) is 18.9. The van der Waals surface area contributed by atoms with Crippen LogP contribution in [0.4, 0.5) is 0 Å². The Bertz CT molecular complexity index is 3540. The molecule has 12 rings (SSSR count). The van der Waals surface area contributed by atoms with Gasteiger partial charge < -0.3 is 8.83 Å². The van der Waals surface area contributed by atoms with E-state index in [0.29, 0.717) is 17.5 Å². The molecular weight excluding hydrogens is 719 g/mol. The summed E-state index contributed by atoms with van der Waals surface area (Å²) < 4.78 is 15.7. The third-order valence-electron chi connectivity index (χ3n) is 11.0. The molecule has 0 unspecified atom stereocenters. The Kier molecular flexibility index (Phi) is 7.03. The van der Waals surface area contributed by atoms with E-state index in [1.807, 2.05) is 53.8 Å². The van der Waals surface area contributed by atoms with Crippen molar-refractivity contribution in [1.82, 2.24) is 15.0 Å². The van der Waals surface area contributed by atoms with Gasteiger partial charge in [-0.05, 0) is 59.2 Å². The summed E-state index contributed by atoms with van der Waals surface area (Å²) in [5.74, 6) is 1.65. The Morgan fingerprint density at radius 1 is 0.351 bits per heavy atom. The maximum Gasteiger partial charge on any atom is 0.167 e. The van der Waals surface area contributed by atoms with Crippen molar-refractivity contribution in [3.63, 3.8) is 0 Å². The monoisotopic (exact) mass is 747 g/mol. The summed E-state index contributed by atoms with van der Waals surface area (Å²) in [5.41, 5.74) is 10.2. The fourth-order valence-electron chi connectivity index (χ4n) is 8.28. The smallest absolute Gasteiger partial charge is 0.167 e. The molecule has 266 valence electrons. The third kappa shape index (κ3) is 5.12. The molecule has 0 saturated heterocycles. The van der Waals surface area contributed by atoms with E-state index in [1.165, 1.54) is 25.7 Å². The first-order valence-corrected chi connectivity index (χ1v) is 19.7. The summed E-state index contributed by atoms with van der Waals surface area (Å²) in [4.78, 5) is 15.6. The van der Waals surface area contributed by atoms with Crippen molar-refractivity contribution in [2.45, 2.75) is 0 Å². The van der Waals surface area contributed by atoms with Gasteiger partial charge in [-0.3, -0.25) is 0 Å². The predicted octanol–water partition coefficient (Wildman–Crippen LogP) is 14.4. The SMILES string of the molecule is c1ccc(-c2cccc(-c3nc(-c4ccc5c(c4)oc4ccccc45)nc(-c4ccc(-c5cccc6c5sc5ccccc56)c5c4oc4ccccc45)n3)c2)cc1. The summed E-state index contributed by atoms with van der Waals surface area (Å²) in [6.07, 6.45) is 0. The molecule has 8 aromatic carbocycles. The van der Waals surface area contributed by atoms with Crippen LogP contribution in [0.2, 0.25) is 0 Å². The van der Waals surface area contributed by atoms with Gasteiger partial charge >= 0.3 is 0 Å². The number of benzene rings is 8. The van der Waals surface area contributed by atoms with Gasteiger partial charge in [0.05, 0.1) is 5.56 Å². The van der Waals surface area contributed by atoms with Crippen molar-refractivity contribution in [3.05, 3.63) is 176 Å². The minimum Gasteiger partial charge on any atom is -0.456 e. The molecule has 0 aliphatic rings. The van der Waals surface area contributed by atoms with Crippen LogP contribution in [0, 0.1) is 0 Å². The Balaban J connectivity index is 1.10. The van der Waals surface area contributed by atoms with Crippen LogP contribution in [-0.4, -0.2) is 15.0 Å². The molecule has 0 aliphatic heterocycles. The van der Waals surface area contributed by atoms with Gasteiger partial charge in [0.1, 0.15) is 22.3 Å². The van der Waals surface area contributed by atoms with Crippen molar-refractivity contribution in [1.29, 1.82) is 0 Å². The topological polar surface area (TPSA) is 65.0 Å². The maximum atomic E-state index is 6.82. The van der Waals surface area contributed by atoms with Crippen molar-refractivity contribution in [2.24, 2.45) is 0 Å². The summed E-state index contributed by atoms with van der Waals surface area (Å²) in [7, 11) is 0. The fraction of sp³-hybridized carbons (Fsp3) is 0. The van der Waals surface area contributed by atoms with Crippen LogP contribution >= 0.6 is 11.3 Å². The average Bonchev–Trinajstić information content (AvgIpc) is 3.98. The normalized spacial score (nSPS) is 11.9. The van der Waals surface area contributed by atoms with E-state index in [1.54, 1.807) is 0 Å². The molecule has 0 spiro atoms. The lowest BCUT2D eigenvalue weighted by atomic mass is 9.95. The highest BCUT2D eigenvalue weighted by Gasteiger charge is 2.23. The number of rotatable bonds is 5. The summed E-state index contributed by atoms with van der Waals surface area (Å²) in [6.45, 7) is 0. The van der Waals surface area contributed by atoms with Crippen molar-refractivity contribution in [2.75, 3.05) is 0 Å². The minimum absolute atomic E-state index is 0.528. The largest absolute Gasteiger partial charge is 0.456 e. The van der Waals surface area contributed by atoms with Gasteiger partial charge in [0, 0.05) is 58.4 Å². The first kappa shape index (κ1) is 31.9. The molecule has 4 heterocycles. The average molecular weight is 748 g/mol. The molecule has 12 aromatic rings. The Morgan fingerprint density at radius 3 is 1.82 bits per heavy atom. The van der Waals surface area contributed by atoms with Crippen LogP contribution in [0.15, 0.2) is 185 Å². The molecule has 0 N–H and O–H groups in total. The van der Waals surface area contributed by atoms with Gasteiger partial charge in [0.15, 0.2) is 17.5 Å². The number of hydrogen-bond acceptors (Lipinski definition) is 6. The lowest BCUT2D eigenvalue weighted by molar-refractivity contribution is 0.668. The molecule has 0 radical (unpaired) electrons. The zero-order chi connectivity index (χ0) is 37.5. The zero-order valence-corrected chi connectivity index (χ0v) is 31.1. The number of aromatic nitrogens is 3. The van der Waals surface area contributed by atoms with Crippen molar-refractivity contribution >= 4 is 75.4 Å². The van der Waals surface area contributed by atoms with Gasteiger partial charge in [0.25, 0.3) is 0 Å². The summed E-state index contributed by atoms with van der Waals surface area (Å²) >= 11 is 1.83. The number of fused-ring (bicyclic) bond motifs is 9. The molecular formula is C51H29N3O2S. The van der Waals surface area contributed by atoms with E-state index >= 15 is 0 Å². The minimum atomic E-state index is 0.528. The highest BCUT2D eigenvalue weighted by atomic mass is 32.1. The van der Waals surface area contributed by atoms with Gasteiger partial charge in [-0.2, -0.15) is 0 Å². The number of thiophene rings is 1. The highest BCUT2D eigenvalue weighted by Crippen LogP contribution is 2.46. The van der Waals surface area contributed by atoms with Crippen LogP contribution in [-0.2, 0) is 0 Å². The zero-order valence-electron chi connectivity index (χ0n) is 30.3. The standard InChI is InChI=1S/C51H29N3O2S/c1-2-12-30(13-3-1)31-14-10-15-32(28-31)49-52-50(33-24-25-35-34-16-4-7-21-42(34)55-44(35)29-33)54-51(53-49)41-27-26-37(46-40-18-5-8-22-43(40)56-47(41)46)39-20-11-19-38-36-17-6-9-23-45(36)57-48(38)39/h1-29H. The molecule has 0 amide bonds. The van der Waals surface area contributed by atoms with Gasteiger partial charge in [-0.25, -0.2) is 15.0 Å². The van der Waals surface area contributed by atoms with Gasteiger partial charge in [0.2, 0.25) is 0 Å². The first-order chi connectivity index (χ1) is 28.2. The quantitative estimate of drug-likeness (QED) is 0.175. The van der Waals surface area contributed by atoms with Crippen LogP contribution in [0.3, 0.4) is 0 Å². The van der Waals surface area contributed by atoms with Gasteiger partial charge in [-0.15, -0.1) is 11.3 Å². The van der Waals surface area contributed by atoms with E-state index in [0.717, 1.165) is 77.3 Å². The number of para-hydroxylation sites is 2. The number of hydrogen-bond donors (Lipinski definition) is 0. The summed E-state index contributed by atoms with van der Waals surface area (Å²) in [5, 5.41) is 6.73. The lowest BCUT2D eigenvalue weighted by Gasteiger charge is -2.12. The molecule has 0 saturated carbocycles. The highest BCUT2D eigenvalue weighted by molar-refractivity contribution is 7.26. The van der Waals surface area contributed by atoms with Crippen LogP contribution in [0.25, 0.3) is 120 Å². The molecule has 0 bridgehead atoms. The molecule has 0 aliphatic carbocycles. The van der Waals surface area contributed by atoms with Crippen LogP contribution in [0.1, 0.15) is 0 Å². The van der Waals surface area contributed by atoms with E-state index in [4.69, 9.17) is 23.8 Å². The lowest BCUT2D eigenvalue weighted by Crippen LogP contribution is -2.00. The Labute approximate surface area is 330 Å². The predicted molar refractivity (Wildman–Crippen MR) is 234 cm³/mol. The number of nitrogens with zero attached hydrogens (tertiary/aromatic N) is 3. The van der Waals surface area contributed by atoms with E-state index in [-0.39, 0.29) is 0 Å². The Morgan fingerprint density at radius 2 is 0.965 bits per heavy atom. The van der Waals surface area contributed by atoms with Gasteiger partial charge in [-0.1, -0.05) is 133 Å². The maximum absolute atomic E-state index is 6.82. The van der Waals surface area contributed by atoms with E-state index in [9.17, 15) is 0 Å². The Hall–Kier alpha value is -7.41. The fourth-order valence-corrected chi connectivity index (χ4v) is 9.51. The molecule has 57 heavy (non-hydrogen) atoms. The second kappa shape index (κ2) is 12.6. The third-order valence-corrected chi connectivity index (χ3v) is 12.2. The molecule has 6 heteroatoms. The van der Waals surface area contributed by atoms with Crippen molar-refractivity contribution < 1.29 is 8.83 Å². The van der Waals surface area contributed by atoms with Crippen LogP contribution < -0.4 is 0 Å². The van der Waals surface area contributed by atoms with E-state index in [2.05, 4.69) is 133 Å². The summed E-state index contributed by atoms with van der Waals surface area (Å²) in [6, 6.07) is 60.9.